The van der Waals surface area contributed by atoms with Gasteiger partial charge in [0, 0.05) is 32.3 Å². The van der Waals surface area contributed by atoms with E-state index in [0.29, 0.717) is 11.5 Å². The Morgan fingerprint density at radius 1 is 0.638 bits per heavy atom. The van der Waals surface area contributed by atoms with Gasteiger partial charge in [-0.2, -0.15) is 4.98 Å². The average molecular weight is 620 g/mol. The normalized spacial score (nSPS) is 17.1. The summed E-state index contributed by atoms with van der Waals surface area (Å²) in [6.07, 6.45) is 9.08. The molecule has 220 valence electrons. The van der Waals surface area contributed by atoms with Gasteiger partial charge in [-0.05, 0) is 45.3 Å². The highest BCUT2D eigenvalue weighted by Gasteiger charge is 2.42. The number of rotatable bonds is 2. The number of hydrogen-bond acceptors (Lipinski definition) is 5. The molecule has 4 heterocycles. The number of furan rings is 1. The molecule has 4 nitrogen and oxygen atoms in total. The van der Waals surface area contributed by atoms with E-state index in [-0.39, 0.29) is 12.0 Å². The summed E-state index contributed by atoms with van der Waals surface area (Å²) in [7, 11) is 0. The third kappa shape index (κ3) is 3.46. The summed E-state index contributed by atoms with van der Waals surface area (Å²) in [4.78, 5) is 13.1. The summed E-state index contributed by atoms with van der Waals surface area (Å²) in [5.74, 6) is 1.71. The standard InChI is InChI=1S/C42H25N3OS/c1-2-12-25-23-26(22-21-24(25)11-1)40-43-41(37-30-16-6-9-19-33(30)46-42(37)44-40)45-32-18-8-5-15-29(32)35-27-13-3-4-14-28(27)36-31-17-7-10-20-34(31)47-39(36)38(35)45/h1-23,29,32H. The van der Waals surface area contributed by atoms with Gasteiger partial charge >= 0.3 is 0 Å². The molecule has 3 aromatic heterocycles. The van der Waals surface area contributed by atoms with E-state index in [9.17, 15) is 0 Å². The van der Waals surface area contributed by atoms with Crippen molar-refractivity contribution in [3.05, 3.63) is 145 Å². The summed E-state index contributed by atoms with van der Waals surface area (Å²) in [5, 5.41) is 9.53. The minimum Gasteiger partial charge on any atom is -0.437 e. The molecule has 0 fully saturated rings. The van der Waals surface area contributed by atoms with E-state index in [4.69, 9.17) is 14.4 Å². The number of fused-ring (bicyclic) bond motifs is 14. The molecule has 0 amide bonds. The fraction of sp³-hybridized carbons (Fsp3) is 0.0476. The highest BCUT2D eigenvalue weighted by molar-refractivity contribution is 7.26. The van der Waals surface area contributed by atoms with Crippen molar-refractivity contribution in [2.45, 2.75) is 12.0 Å². The van der Waals surface area contributed by atoms with Crippen molar-refractivity contribution in [3.63, 3.8) is 0 Å². The molecule has 1 aliphatic carbocycles. The highest BCUT2D eigenvalue weighted by atomic mass is 32.1. The van der Waals surface area contributed by atoms with Crippen molar-refractivity contribution in [1.82, 2.24) is 9.97 Å². The molecule has 47 heavy (non-hydrogen) atoms. The van der Waals surface area contributed by atoms with Gasteiger partial charge in [0.05, 0.1) is 21.8 Å². The first-order valence-electron chi connectivity index (χ1n) is 16.0. The van der Waals surface area contributed by atoms with Gasteiger partial charge in [-0.3, -0.25) is 0 Å². The first-order chi connectivity index (χ1) is 23.3. The summed E-state index contributed by atoms with van der Waals surface area (Å²) in [6.45, 7) is 0. The Labute approximate surface area is 273 Å². The van der Waals surface area contributed by atoms with Crippen molar-refractivity contribution in [1.29, 1.82) is 0 Å². The van der Waals surface area contributed by atoms with E-state index in [0.717, 1.165) is 33.1 Å². The van der Waals surface area contributed by atoms with Gasteiger partial charge in [-0.1, -0.05) is 121 Å². The van der Waals surface area contributed by atoms with Gasteiger partial charge in [0.2, 0.25) is 5.71 Å². The van der Waals surface area contributed by atoms with Crippen LogP contribution in [-0.4, -0.2) is 16.0 Å². The molecule has 0 bridgehead atoms. The number of thiophene rings is 1. The molecule has 5 heteroatoms. The fourth-order valence-electron chi connectivity index (χ4n) is 7.98. The molecule has 0 saturated carbocycles. The van der Waals surface area contributed by atoms with E-state index in [1.165, 1.54) is 47.6 Å². The van der Waals surface area contributed by atoms with Crippen LogP contribution in [0.5, 0.6) is 0 Å². The zero-order valence-corrected chi connectivity index (χ0v) is 25.9. The van der Waals surface area contributed by atoms with Crippen LogP contribution in [0.25, 0.3) is 75.2 Å². The summed E-state index contributed by atoms with van der Waals surface area (Å²) in [6, 6.07) is 40.9. The lowest BCUT2D eigenvalue weighted by atomic mass is 9.87. The van der Waals surface area contributed by atoms with Gasteiger partial charge < -0.3 is 9.32 Å². The molecule has 0 radical (unpaired) electrons. The smallest absolute Gasteiger partial charge is 0.233 e. The Hall–Kier alpha value is -5.78. The van der Waals surface area contributed by atoms with Gasteiger partial charge in [0.1, 0.15) is 11.4 Å². The summed E-state index contributed by atoms with van der Waals surface area (Å²) in [5.41, 5.74) is 4.98. The average Bonchev–Trinajstić information content (AvgIpc) is 3.81. The number of aromatic nitrogens is 2. The molecule has 2 unspecified atom stereocenters. The molecule has 2 aliphatic rings. The highest BCUT2D eigenvalue weighted by Crippen LogP contribution is 2.57. The van der Waals surface area contributed by atoms with E-state index < -0.39 is 0 Å². The van der Waals surface area contributed by atoms with Crippen molar-refractivity contribution < 1.29 is 4.42 Å². The maximum absolute atomic E-state index is 6.52. The van der Waals surface area contributed by atoms with Crippen LogP contribution in [0, 0.1) is 0 Å². The topological polar surface area (TPSA) is 42.2 Å². The van der Waals surface area contributed by atoms with Crippen LogP contribution in [0.3, 0.4) is 0 Å². The molecule has 0 saturated heterocycles. The van der Waals surface area contributed by atoms with Crippen LogP contribution in [0.4, 0.5) is 11.5 Å². The van der Waals surface area contributed by atoms with Gasteiger partial charge in [0.25, 0.3) is 0 Å². The van der Waals surface area contributed by atoms with Gasteiger partial charge in [-0.15, -0.1) is 11.3 Å². The van der Waals surface area contributed by atoms with Crippen molar-refractivity contribution in [2.75, 3.05) is 4.90 Å². The Morgan fingerprint density at radius 3 is 2.30 bits per heavy atom. The minimum absolute atomic E-state index is 0.0467. The maximum atomic E-state index is 6.52. The predicted octanol–water partition coefficient (Wildman–Crippen LogP) is 11.4. The van der Waals surface area contributed by atoms with Crippen LogP contribution in [0.1, 0.15) is 11.5 Å². The van der Waals surface area contributed by atoms with Crippen molar-refractivity contribution in [2.24, 2.45) is 0 Å². The van der Waals surface area contributed by atoms with Crippen LogP contribution in [0.2, 0.25) is 0 Å². The number of allylic oxidation sites excluding steroid dienone is 2. The van der Waals surface area contributed by atoms with Crippen LogP contribution in [0.15, 0.2) is 144 Å². The molecular weight excluding hydrogens is 595 g/mol. The Bertz CT molecular complexity index is 2840. The third-order valence-electron chi connectivity index (χ3n) is 9.99. The molecule has 0 N–H and O–H groups in total. The van der Waals surface area contributed by atoms with E-state index in [2.05, 4.69) is 132 Å². The Kier molecular flexibility index (Phi) is 5.07. The number of nitrogens with zero attached hydrogens (tertiary/aromatic N) is 3. The minimum atomic E-state index is 0.0467. The van der Waals surface area contributed by atoms with Crippen LogP contribution < -0.4 is 4.90 Å². The molecule has 6 aromatic carbocycles. The quantitative estimate of drug-likeness (QED) is 0.193. The second kappa shape index (κ2) is 9.38. The van der Waals surface area contributed by atoms with Crippen molar-refractivity contribution >= 4 is 86.6 Å². The predicted molar refractivity (Wildman–Crippen MR) is 196 cm³/mol. The molecule has 1 aliphatic heterocycles. The SMILES string of the molecule is C1=CC2c3c(c4sc5ccccc5c4c4ccccc34)N(c3nc(-c4ccc5ccccc5c4)nc4oc5ccccc5c34)C2C=C1. The van der Waals surface area contributed by atoms with Gasteiger partial charge in [0.15, 0.2) is 5.82 Å². The molecular formula is C42H25N3OS. The van der Waals surface area contributed by atoms with Crippen LogP contribution in [-0.2, 0) is 0 Å². The Balaban J connectivity index is 1.29. The third-order valence-corrected chi connectivity index (χ3v) is 11.2. The number of hydrogen-bond donors (Lipinski definition) is 0. The van der Waals surface area contributed by atoms with E-state index >= 15 is 0 Å². The lowest BCUT2D eigenvalue weighted by Gasteiger charge is -2.28. The first-order valence-corrected chi connectivity index (χ1v) is 16.8. The lowest BCUT2D eigenvalue weighted by Crippen LogP contribution is -2.29. The van der Waals surface area contributed by atoms with E-state index in [1.54, 1.807) is 0 Å². The fourth-order valence-corrected chi connectivity index (χ4v) is 9.26. The molecule has 11 rings (SSSR count). The summed E-state index contributed by atoms with van der Waals surface area (Å²) >= 11 is 1.88. The summed E-state index contributed by atoms with van der Waals surface area (Å²) < 4.78 is 9.11. The monoisotopic (exact) mass is 619 g/mol. The van der Waals surface area contributed by atoms with Crippen molar-refractivity contribution in [3.8, 4) is 11.4 Å². The second-order valence-corrected chi connectivity index (χ2v) is 13.5. The zero-order chi connectivity index (χ0) is 30.6. The van der Waals surface area contributed by atoms with Crippen LogP contribution >= 0.6 is 11.3 Å². The molecule has 2 atom stereocenters. The Morgan fingerprint density at radius 2 is 1.38 bits per heavy atom. The second-order valence-electron chi connectivity index (χ2n) is 12.5. The number of benzene rings is 6. The van der Waals surface area contributed by atoms with Gasteiger partial charge in [-0.25, -0.2) is 4.98 Å². The zero-order valence-electron chi connectivity index (χ0n) is 25.1. The molecule has 0 spiro atoms. The number of anilines is 2. The first kappa shape index (κ1) is 25.4. The lowest BCUT2D eigenvalue weighted by molar-refractivity contribution is 0.653. The maximum Gasteiger partial charge on any atom is 0.233 e. The largest absolute Gasteiger partial charge is 0.437 e. The van der Waals surface area contributed by atoms with E-state index in [1.807, 2.05) is 23.5 Å². The number of para-hydroxylation sites is 1. The molecule has 9 aromatic rings.